The highest BCUT2D eigenvalue weighted by atomic mass is 79.9. The Morgan fingerprint density at radius 2 is 2.05 bits per heavy atom. The molecule has 0 aliphatic carbocycles. The Bertz CT molecular complexity index is 624. The number of anilines is 2. The second-order valence-electron chi connectivity index (χ2n) is 5.54. The Morgan fingerprint density at radius 3 is 2.80 bits per heavy atom. The molecule has 0 amide bonds. The first kappa shape index (κ1) is 13.5. The monoisotopic (exact) mass is 330 g/mol. The van der Waals surface area contributed by atoms with Crippen LogP contribution in [-0.2, 0) is 0 Å². The maximum absolute atomic E-state index is 5.89. The molecule has 1 atom stereocenters. The van der Waals surface area contributed by atoms with Crippen molar-refractivity contribution in [2.24, 2.45) is 0 Å². The van der Waals surface area contributed by atoms with Gasteiger partial charge < -0.3 is 10.6 Å². The second-order valence-corrected chi connectivity index (χ2v) is 6.39. The molecule has 104 valence electrons. The molecule has 20 heavy (non-hydrogen) atoms. The van der Waals surface area contributed by atoms with Crippen LogP contribution in [0.3, 0.4) is 0 Å². The van der Waals surface area contributed by atoms with E-state index in [0.29, 0.717) is 5.92 Å². The molecular formula is C17H19BrN2. The van der Waals surface area contributed by atoms with E-state index in [1.807, 2.05) is 6.07 Å². The molecule has 1 unspecified atom stereocenters. The number of halogens is 1. The molecule has 0 radical (unpaired) electrons. The highest BCUT2D eigenvalue weighted by Crippen LogP contribution is 2.32. The Kier molecular flexibility index (Phi) is 3.70. The van der Waals surface area contributed by atoms with Crippen LogP contribution in [0.25, 0.3) is 0 Å². The first-order chi connectivity index (χ1) is 9.63. The van der Waals surface area contributed by atoms with Crippen molar-refractivity contribution in [3.8, 4) is 0 Å². The molecule has 2 nitrogen and oxygen atoms in total. The van der Waals surface area contributed by atoms with E-state index in [2.05, 4.69) is 64.2 Å². The lowest BCUT2D eigenvalue weighted by atomic mass is 9.98. The minimum Gasteiger partial charge on any atom is -0.399 e. The van der Waals surface area contributed by atoms with E-state index >= 15 is 0 Å². The zero-order chi connectivity index (χ0) is 14.1. The molecule has 0 saturated carbocycles. The number of hydrogen-bond donors (Lipinski definition) is 1. The highest BCUT2D eigenvalue weighted by molar-refractivity contribution is 9.10. The number of nitrogens with zero attached hydrogens (tertiary/aromatic N) is 1. The predicted octanol–water partition coefficient (Wildman–Crippen LogP) is 4.33. The molecule has 1 saturated heterocycles. The fraction of sp³-hybridized carbons (Fsp3) is 0.294. The van der Waals surface area contributed by atoms with Crippen LogP contribution in [0.2, 0.25) is 0 Å². The molecule has 0 spiro atoms. The Balaban J connectivity index is 1.78. The van der Waals surface area contributed by atoms with Crippen molar-refractivity contribution < 1.29 is 0 Å². The van der Waals surface area contributed by atoms with Gasteiger partial charge in [0.1, 0.15) is 0 Å². The summed E-state index contributed by atoms with van der Waals surface area (Å²) in [6.07, 6.45) is 1.19. The fourth-order valence-corrected chi connectivity index (χ4v) is 3.15. The molecule has 0 aromatic heterocycles. The minimum absolute atomic E-state index is 0.586. The van der Waals surface area contributed by atoms with Gasteiger partial charge in [0.05, 0.1) is 0 Å². The molecule has 1 aliphatic heterocycles. The summed E-state index contributed by atoms with van der Waals surface area (Å²) < 4.78 is 1.17. The molecule has 0 bridgehead atoms. The summed E-state index contributed by atoms with van der Waals surface area (Å²) in [7, 11) is 0. The average Bonchev–Trinajstić information content (AvgIpc) is 2.92. The van der Waals surface area contributed by atoms with Gasteiger partial charge in [0.15, 0.2) is 0 Å². The number of aryl methyl sites for hydroxylation is 1. The van der Waals surface area contributed by atoms with Gasteiger partial charge >= 0.3 is 0 Å². The Hall–Kier alpha value is -1.48. The molecule has 3 heteroatoms. The summed E-state index contributed by atoms with van der Waals surface area (Å²) in [5.74, 6) is 0.586. The van der Waals surface area contributed by atoms with Crippen molar-refractivity contribution in [1.29, 1.82) is 0 Å². The number of hydrogen-bond acceptors (Lipinski definition) is 2. The van der Waals surface area contributed by atoms with Crippen molar-refractivity contribution in [3.05, 3.63) is 58.1 Å². The van der Waals surface area contributed by atoms with Gasteiger partial charge in [-0.15, -0.1) is 0 Å². The van der Waals surface area contributed by atoms with E-state index in [1.165, 1.54) is 27.7 Å². The lowest BCUT2D eigenvalue weighted by molar-refractivity contribution is 0.775. The summed E-state index contributed by atoms with van der Waals surface area (Å²) >= 11 is 3.56. The maximum Gasteiger partial charge on any atom is 0.0369 e. The smallest absolute Gasteiger partial charge is 0.0369 e. The van der Waals surface area contributed by atoms with Crippen molar-refractivity contribution in [2.75, 3.05) is 23.7 Å². The number of nitrogens with two attached hydrogens (primary N) is 1. The van der Waals surface area contributed by atoms with Crippen LogP contribution in [0.15, 0.2) is 46.9 Å². The third kappa shape index (κ3) is 2.68. The van der Waals surface area contributed by atoms with Crippen molar-refractivity contribution in [3.63, 3.8) is 0 Å². The van der Waals surface area contributed by atoms with Gasteiger partial charge in [-0.3, -0.25) is 0 Å². The lowest BCUT2D eigenvalue weighted by Gasteiger charge is -2.20. The Labute approximate surface area is 128 Å². The minimum atomic E-state index is 0.586. The fourth-order valence-electron chi connectivity index (χ4n) is 2.91. The summed E-state index contributed by atoms with van der Waals surface area (Å²) in [5, 5.41) is 0. The number of rotatable bonds is 2. The molecule has 2 aromatic rings. The van der Waals surface area contributed by atoms with Gasteiger partial charge in [0.2, 0.25) is 0 Å². The third-order valence-corrected chi connectivity index (χ3v) is 4.97. The van der Waals surface area contributed by atoms with Crippen LogP contribution in [0.4, 0.5) is 11.4 Å². The van der Waals surface area contributed by atoms with E-state index in [-0.39, 0.29) is 0 Å². The first-order valence-electron chi connectivity index (χ1n) is 7.00. The molecule has 3 rings (SSSR count). The number of nitrogen functional groups attached to an aromatic ring is 1. The summed E-state index contributed by atoms with van der Waals surface area (Å²) in [4.78, 5) is 2.47. The summed E-state index contributed by atoms with van der Waals surface area (Å²) in [6.45, 7) is 4.32. The summed E-state index contributed by atoms with van der Waals surface area (Å²) in [6, 6.07) is 14.9. The van der Waals surface area contributed by atoms with Crippen LogP contribution < -0.4 is 10.6 Å². The van der Waals surface area contributed by atoms with Gasteiger partial charge in [-0.25, -0.2) is 0 Å². The van der Waals surface area contributed by atoms with Gasteiger partial charge in [0.25, 0.3) is 0 Å². The topological polar surface area (TPSA) is 29.3 Å². The predicted molar refractivity (Wildman–Crippen MR) is 89.3 cm³/mol. The van der Waals surface area contributed by atoms with Crippen molar-refractivity contribution in [2.45, 2.75) is 19.3 Å². The van der Waals surface area contributed by atoms with Gasteiger partial charge in [-0.05, 0) is 54.8 Å². The lowest BCUT2D eigenvalue weighted by Crippen LogP contribution is -2.19. The summed E-state index contributed by atoms with van der Waals surface area (Å²) in [5.41, 5.74) is 10.7. The zero-order valence-corrected chi connectivity index (χ0v) is 13.2. The normalized spacial score (nSPS) is 18.5. The van der Waals surface area contributed by atoms with Crippen LogP contribution in [0.1, 0.15) is 23.5 Å². The van der Waals surface area contributed by atoms with Crippen molar-refractivity contribution >= 4 is 27.3 Å². The molecule has 1 aliphatic rings. The zero-order valence-electron chi connectivity index (χ0n) is 11.6. The van der Waals surface area contributed by atoms with Crippen LogP contribution in [0.5, 0.6) is 0 Å². The van der Waals surface area contributed by atoms with E-state index in [1.54, 1.807) is 0 Å². The van der Waals surface area contributed by atoms with Gasteiger partial charge in [0, 0.05) is 34.9 Å². The van der Waals surface area contributed by atoms with E-state index < -0.39 is 0 Å². The average molecular weight is 331 g/mol. The standard InChI is InChI=1S/C17H19BrN2/c1-12-9-16(5-6-17(12)18)20-8-7-14(11-20)13-3-2-4-15(19)10-13/h2-6,9-10,14H,7-8,11,19H2,1H3. The molecule has 2 N–H and O–H groups in total. The largest absolute Gasteiger partial charge is 0.399 e. The Morgan fingerprint density at radius 1 is 1.20 bits per heavy atom. The van der Waals surface area contributed by atoms with Crippen molar-refractivity contribution in [1.82, 2.24) is 0 Å². The van der Waals surface area contributed by atoms with Crippen LogP contribution >= 0.6 is 15.9 Å². The maximum atomic E-state index is 5.89. The highest BCUT2D eigenvalue weighted by Gasteiger charge is 2.24. The van der Waals surface area contributed by atoms with Crippen LogP contribution in [-0.4, -0.2) is 13.1 Å². The van der Waals surface area contributed by atoms with E-state index in [0.717, 1.165) is 18.8 Å². The molecule has 2 aromatic carbocycles. The second kappa shape index (κ2) is 5.49. The van der Waals surface area contributed by atoms with Gasteiger partial charge in [-0.1, -0.05) is 28.1 Å². The molecular weight excluding hydrogens is 312 g/mol. The number of benzene rings is 2. The van der Waals surface area contributed by atoms with Crippen LogP contribution in [0, 0.1) is 6.92 Å². The quantitative estimate of drug-likeness (QED) is 0.830. The SMILES string of the molecule is Cc1cc(N2CCC(c3cccc(N)c3)C2)ccc1Br. The van der Waals surface area contributed by atoms with E-state index in [4.69, 9.17) is 5.73 Å². The molecule has 1 fully saturated rings. The van der Waals surface area contributed by atoms with Gasteiger partial charge in [-0.2, -0.15) is 0 Å². The van der Waals surface area contributed by atoms with E-state index in [9.17, 15) is 0 Å². The third-order valence-electron chi connectivity index (χ3n) is 4.08. The molecule has 1 heterocycles. The first-order valence-corrected chi connectivity index (χ1v) is 7.79.